The van der Waals surface area contributed by atoms with Gasteiger partial charge in [0.1, 0.15) is 11.2 Å². The number of para-hydroxylation sites is 1. The summed E-state index contributed by atoms with van der Waals surface area (Å²) in [6.07, 6.45) is 12.6. The molecule has 0 unspecified atom stereocenters. The van der Waals surface area contributed by atoms with Crippen molar-refractivity contribution in [3.8, 4) is 0 Å². The lowest BCUT2D eigenvalue weighted by Gasteiger charge is -2.04. The smallest absolute Gasteiger partial charge is 0.135 e. The van der Waals surface area contributed by atoms with Crippen LogP contribution >= 0.6 is 0 Å². The van der Waals surface area contributed by atoms with Gasteiger partial charge in [0.2, 0.25) is 0 Å². The number of hydrogen-bond acceptors (Lipinski definition) is 2. The van der Waals surface area contributed by atoms with E-state index in [1.54, 1.807) is 0 Å². The number of benzene rings is 2. The molecule has 1 aromatic heterocycles. The van der Waals surface area contributed by atoms with Crippen LogP contribution < -0.4 is 0 Å². The van der Waals surface area contributed by atoms with Gasteiger partial charge in [0.05, 0.1) is 5.69 Å². The lowest BCUT2D eigenvalue weighted by molar-refractivity contribution is 0.669. The van der Waals surface area contributed by atoms with Crippen molar-refractivity contribution in [3.63, 3.8) is 0 Å². The van der Waals surface area contributed by atoms with Crippen LogP contribution in [-0.2, 0) is 0 Å². The van der Waals surface area contributed by atoms with E-state index >= 15 is 0 Å². The molecule has 118 valence electrons. The zero-order valence-corrected chi connectivity index (χ0v) is 13.7. The molecule has 0 atom stereocenters. The molecular weight excluding hydrogens is 294 g/mol. The molecular formula is C22H19NO. The first-order chi connectivity index (χ1) is 11.8. The lowest BCUT2D eigenvalue weighted by atomic mass is 10.1. The molecule has 1 heterocycles. The molecule has 3 aromatic rings. The Morgan fingerprint density at radius 3 is 2.79 bits per heavy atom. The Labute approximate surface area is 141 Å². The number of aliphatic imine (C=N–C) groups is 1. The van der Waals surface area contributed by atoms with Crippen molar-refractivity contribution in [2.24, 2.45) is 4.99 Å². The van der Waals surface area contributed by atoms with Crippen LogP contribution in [0.3, 0.4) is 0 Å². The van der Waals surface area contributed by atoms with E-state index in [1.165, 1.54) is 5.57 Å². The van der Waals surface area contributed by atoms with Crippen LogP contribution in [0.15, 0.2) is 87.8 Å². The average molecular weight is 313 g/mol. The first-order valence-electron chi connectivity index (χ1n) is 8.36. The molecule has 2 heteroatoms. The Morgan fingerprint density at radius 1 is 1.08 bits per heavy atom. The highest BCUT2D eigenvalue weighted by atomic mass is 16.3. The van der Waals surface area contributed by atoms with Crippen LogP contribution in [0.25, 0.3) is 21.9 Å². The van der Waals surface area contributed by atoms with Gasteiger partial charge in [-0.1, -0.05) is 49.4 Å². The maximum Gasteiger partial charge on any atom is 0.135 e. The summed E-state index contributed by atoms with van der Waals surface area (Å²) in [5.41, 5.74) is 5.20. The second-order valence-corrected chi connectivity index (χ2v) is 5.95. The maximum absolute atomic E-state index is 5.88. The molecule has 0 bridgehead atoms. The summed E-state index contributed by atoms with van der Waals surface area (Å²) in [4.78, 5) is 4.85. The number of nitrogens with zero attached hydrogens (tertiary/aromatic N) is 1. The summed E-state index contributed by atoms with van der Waals surface area (Å²) < 4.78 is 5.88. The van der Waals surface area contributed by atoms with E-state index < -0.39 is 0 Å². The van der Waals surface area contributed by atoms with Crippen LogP contribution in [0.1, 0.15) is 19.8 Å². The highest BCUT2D eigenvalue weighted by molar-refractivity contribution is 6.06. The molecule has 4 rings (SSSR count). The first-order valence-corrected chi connectivity index (χ1v) is 8.36. The molecule has 1 aliphatic rings. The largest absolute Gasteiger partial charge is 0.456 e. The van der Waals surface area contributed by atoms with Gasteiger partial charge in [-0.25, -0.2) is 0 Å². The van der Waals surface area contributed by atoms with Crippen molar-refractivity contribution in [3.05, 3.63) is 78.4 Å². The van der Waals surface area contributed by atoms with Gasteiger partial charge in [-0.05, 0) is 48.8 Å². The Bertz CT molecular complexity index is 1010. The van der Waals surface area contributed by atoms with E-state index in [9.17, 15) is 0 Å². The number of rotatable bonds is 3. The minimum Gasteiger partial charge on any atom is -0.456 e. The van der Waals surface area contributed by atoms with Crippen molar-refractivity contribution in [2.45, 2.75) is 19.8 Å². The summed E-state index contributed by atoms with van der Waals surface area (Å²) >= 11 is 0. The Kier molecular flexibility index (Phi) is 3.87. The minimum absolute atomic E-state index is 0.908. The standard InChI is InChI=1S/C22H19NO/c1-2-17(14-16-8-4-3-5-9-16)23-18-12-13-22-20(15-18)19-10-6-7-11-21(19)24-22/h3-8,10-15H,2,9H2,1H3/b16-14-,23-17?. The molecule has 0 spiro atoms. The van der Waals surface area contributed by atoms with Gasteiger partial charge in [-0.2, -0.15) is 0 Å². The van der Waals surface area contributed by atoms with E-state index in [1.807, 2.05) is 30.3 Å². The Hall–Kier alpha value is -2.87. The van der Waals surface area contributed by atoms with Gasteiger partial charge >= 0.3 is 0 Å². The van der Waals surface area contributed by atoms with Crippen molar-refractivity contribution in [2.75, 3.05) is 0 Å². The molecule has 2 nitrogen and oxygen atoms in total. The van der Waals surface area contributed by atoms with E-state index in [0.717, 1.165) is 46.2 Å². The summed E-state index contributed by atoms with van der Waals surface area (Å²) in [5, 5.41) is 2.26. The van der Waals surface area contributed by atoms with E-state index in [0.29, 0.717) is 0 Å². The zero-order valence-electron chi connectivity index (χ0n) is 13.7. The fraction of sp³-hybridized carbons (Fsp3) is 0.136. The summed E-state index contributed by atoms with van der Waals surface area (Å²) in [5.74, 6) is 0. The number of fused-ring (bicyclic) bond motifs is 3. The minimum atomic E-state index is 0.908. The molecule has 0 saturated heterocycles. The lowest BCUT2D eigenvalue weighted by Crippen LogP contribution is -1.93. The van der Waals surface area contributed by atoms with Gasteiger partial charge in [-0.15, -0.1) is 0 Å². The van der Waals surface area contributed by atoms with Crippen LogP contribution in [-0.4, -0.2) is 5.71 Å². The van der Waals surface area contributed by atoms with Crippen molar-refractivity contribution in [1.82, 2.24) is 0 Å². The predicted octanol–water partition coefficient (Wildman–Crippen LogP) is 6.51. The second kappa shape index (κ2) is 6.32. The van der Waals surface area contributed by atoms with Gasteiger partial charge in [0.15, 0.2) is 0 Å². The van der Waals surface area contributed by atoms with Crippen LogP contribution in [0.2, 0.25) is 0 Å². The fourth-order valence-corrected chi connectivity index (χ4v) is 3.01. The quantitative estimate of drug-likeness (QED) is 0.506. The molecule has 0 N–H and O–H groups in total. The molecule has 0 aliphatic heterocycles. The zero-order chi connectivity index (χ0) is 16.4. The van der Waals surface area contributed by atoms with Crippen LogP contribution in [0.5, 0.6) is 0 Å². The van der Waals surface area contributed by atoms with E-state index in [2.05, 4.69) is 49.4 Å². The van der Waals surface area contributed by atoms with Crippen molar-refractivity contribution in [1.29, 1.82) is 0 Å². The maximum atomic E-state index is 5.88. The molecule has 2 aromatic carbocycles. The SMILES string of the molecule is CCC(/C=C1/C=CC=CC1)=Nc1ccc2oc3ccccc3c2c1. The third-order valence-corrected chi connectivity index (χ3v) is 4.26. The van der Waals surface area contributed by atoms with Crippen LogP contribution in [0, 0.1) is 0 Å². The average Bonchev–Trinajstić information content (AvgIpc) is 3.00. The monoisotopic (exact) mass is 313 g/mol. The highest BCUT2D eigenvalue weighted by Crippen LogP contribution is 2.31. The predicted molar refractivity (Wildman–Crippen MR) is 102 cm³/mol. The number of allylic oxidation sites excluding steroid dienone is 6. The third-order valence-electron chi connectivity index (χ3n) is 4.26. The van der Waals surface area contributed by atoms with E-state index in [4.69, 9.17) is 9.41 Å². The highest BCUT2D eigenvalue weighted by Gasteiger charge is 2.07. The molecule has 0 radical (unpaired) electrons. The molecule has 24 heavy (non-hydrogen) atoms. The van der Waals surface area contributed by atoms with Crippen molar-refractivity contribution < 1.29 is 4.42 Å². The molecule has 0 fully saturated rings. The Morgan fingerprint density at radius 2 is 1.96 bits per heavy atom. The van der Waals surface area contributed by atoms with E-state index in [-0.39, 0.29) is 0 Å². The fourth-order valence-electron chi connectivity index (χ4n) is 3.01. The Balaban J connectivity index is 1.76. The topological polar surface area (TPSA) is 25.5 Å². The van der Waals surface area contributed by atoms with Crippen LogP contribution in [0.4, 0.5) is 5.69 Å². The van der Waals surface area contributed by atoms with Gasteiger partial charge in [-0.3, -0.25) is 4.99 Å². The first kappa shape index (κ1) is 14.7. The van der Waals surface area contributed by atoms with Gasteiger partial charge in [0.25, 0.3) is 0 Å². The summed E-state index contributed by atoms with van der Waals surface area (Å²) in [7, 11) is 0. The normalized spacial score (nSPS) is 16.5. The molecule has 0 saturated carbocycles. The molecule has 1 aliphatic carbocycles. The van der Waals surface area contributed by atoms with Gasteiger partial charge < -0.3 is 4.42 Å². The van der Waals surface area contributed by atoms with Crippen molar-refractivity contribution >= 4 is 33.3 Å². The van der Waals surface area contributed by atoms with Gasteiger partial charge in [0, 0.05) is 16.5 Å². The third kappa shape index (κ3) is 2.83. The summed E-state index contributed by atoms with van der Waals surface area (Å²) in [6, 6.07) is 14.3. The summed E-state index contributed by atoms with van der Waals surface area (Å²) in [6.45, 7) is 2.14. The number of hydrogen-bond donors (Lipinski definition) is 0. The molecule has 0 amide bonds. The number of furan rings is 1. The second-order valence-electron chi connectivity index (χ2n) is 5.95.